The predicted octanol–water partition coefficient (Wildman–Crippen LogP) is 1.59. The lowest BCUT2D eigenvalue weighted by molar-refractivity contribution is -0.139. The molecule has 1 aromatic carbocycles. The number of amides is 1. The fourth-order valence-corrected chi connectivity index (χ4v) is 1.65. The summed E-state index contributed by atoms with van der Waals surface area (Å²) in [6.45, 7) is 3.77. The van der Waals surface area contributed by atoms with E-state index in [4.69, 9.17) is 9.84 Å². The number of methoxy groups -OCH3 is 1. The minimum atomic E-state index is -1.09. The summed E-state index contributed by atoms with van der Waals surface area (Å²) in [5.41, 5.74) is 1.13. The van der Waals surface area contributed by atoms with E-state index in [-0.39, 0.29) is 6.42 Å². The molecule has 1 atom stereocenters. The molecule has 0 aromatic heterocycles. The van der Waals surface area contributed by atoms with Gasteiger partial charge in [0.2, 0.25) is 0 Å². The van der Waals surface area contributed by atoms with Crippen molar-refractivity contribution in [1.29, 1.82) is 0 Å². The van der Waals surface area contributed by atoms with Gasteiger partial charge in [-0.25, -0.2) is 4.79 Å². The number of nitrogens with one attached hydrogen (secondary N) is 1. The number of aliphatic carboxylic acids is 1. The van der Waals surface area contributed by atoms with Gasteiger partial charge in [-0.15, -0.1) is 6.58 Å². The average Bonchev–Trinajstić information content (AvgIpc) is 2.39. The topological polar surface area (TPSA) is 75.6 Å². The maximum Gasteiger partial charge on any atom is 0.326 e. The molecule has 1 aromatic rings. The van der Waals surface area contributed by atoms with E-state index in [0.717, 1.165) is 0 Å². The summed E-state index contributed by atoms with van der Waals surface area (Å²) in [6, 6.07) is 5.94. The first-order valence-corrected chi connectivity index (χ1v) is 5.81. The molecule has 0 radical (unpaired) electrons. The first kappa shape index (κ1) is 14.9. The third-order valence-electron chi connectivity index (χ3n) is 2.57. The number of ether oxygens (including phenoxy) is 1. The molecule has 0 fully saturated rings. The fourth-order valence-electron chi connectivity index (χ4n) is 1.65. The van der Waals surface area contributed by atoms with Crippen LogP contribution in [0.4, 0.5) is 0 Å². The summed E-state index contributed by atoms with van der Waals surface area (Å²) < 4.78 is 5.01. The number of benzene rings is 1. The van der Waals surface area contributed by atoms with Crippen molar-refractivity contribution in [2.75, 3.05) is 7.11 Å². The normalized spacial score (nSPS) is 11.6. The largest absolute Gasteiger partial charge is 0.480 e. The van der Waals surface area contributed by atoms with Gasteiger partial charge in [-0.1, -0.05) is 24.3 Å². The van der Waals surface area contributed by atoms with Gasteiger partial charge in [0.1, 0.15) is 6.04 Å². The van der Waals surface area contributed by atoms with Crippen LogP contribution in [0.3, 0.4) is 0 Å². The van der Waals surface area contributed by atoms with Crippen molar-refractivity contribution in [3.8, 4) is 0 Å². The zero-order valence-corrected chi connectivity index (χ0v) is 10.8. The maximum absolute atomic E-state index is 12.1. The van der Waals surface area contributed by atoms with E-state index >= 15 is 0 Å². The molecule has 0 saturated carbocycles. The van der Waals surface area contributed by atoms with Gasteiger partial charge in [0.05, 0.1) is 6.61 Å². The molecule has 0 saturated heterocycles. The van der Waals surface area contributed by atoms with Crippen LogP contribution in [-0.2, 0) is 16.1 Å². The van der Waals surface area contributed by atoms with E-state index in [1.807, 2.05) is 0 Å². The number of rotatable bonds is 7. The van der Waals surface area contributed by atoms with Crippen LogP contribution < -0.4 is 5.32 Å². The highest BCUT2D eigenvalue weighted by Gasteiger charge is 2.20. The van der Waals surface area contributed by atoms with Crippen LogP contribution >= 0.6 is 0 Å². The molecule has 1 rings (SSSR count). The molecule has 1 unspecified atom stereocenters. The number of carboxylic acids is 1. The van der Waals surface area contributed by atoms with Crippen LogP contribution in [0.25, 0.3) is 0 Å². The minimum absolute atomic E-state index is 0.174. The van der Waals surface area contributed by atoms with Crippen LogP contribution in [0.15, 0.2) is 36.9 Å². The SMILES string of the molecule is C=CCC(NC(=O)c1ccccc1COC)C(=O)O. The van der Waals surface area contributed by atoms with Gasteiger partial charge >= 0.3 is 5.97 Å². The molecule has 0 spiro atoms. The maximum atomic E-state index is 12.1. The van der Waals surface area contributed by atoms with Gasteiger partial charge in [0.15, 0.2) is 0 Å². The lowest BCUT2D eigenvalue weighted by Crippen LogP contribution is -2.40. The third kappa shape index (κ3) is 4.22. The van der Waals surface area contributed by atoms with E-state index < -0.39 is 17.9 Å². The molecule has 1 amide bonds. The van der Waals surface area contributed by atoms with E-state index in [2.05, 4.69) is 11.9 Å². The van der Waals surface area contributed by atoms with Crippen molar-refractivity contribution in [3.05, 3.63) is 48.0 Å². The molecule has 19 heavy (non-hydrogen) atoms. The highest BCUT2D eigenvalue weighted by molar-refractivity contribution is 5.97. The molecule has 5 heteroatoms. The second-order valence-electron chi connectivity index (χ2n) is 3.98. The lowest BCUT2D eigenvalue weighted by atomic mass is 10.1. The zero-order valence-electron chi connectivity index (χ0n) is 10.8. The van der Waals surface area contributed by atoms with Crippen molar-refractivity contribution in [1.82, 2.24) is 5.32 Å². The smallest absolute Gasteiger partial charge is 0.326 e. The highest BCUT2D eigenvalue weighted by Crippen LogP contribution is 2.10. The summed E-state index contributed by atoms with van der Waals surface area (Å²) >= 11 is 0. The van der Waals surface area contributed by atoms with E-state index in [9.17, 15) is 9.59 Å². The zero-order chi connectivity index (χ0) is 14.3. The van der Waals surface area contributed by atoms with Gasteiger partial charge in [0, 0.05) is 12.7 Å². The van der Waals surface area contributed by atoms with Crippen LogP contribution in [0.5, 0.6) is 0 Å². The third-order valence-corrected chi connectivity index (χ3v) is 2.57. The number of carbonyl (C=O) groups excluding carboxylic acids is 1. The summed E-state index contributed by atoms with van der Waals surface area (Å²) in [4.78, 5) is 23.0. The Balaban J connectivity index is 2.87. The number of carboxylic acid groups (broad SMARTS) is 1. The fraction of sp³-hybridized carbons (Fsp3) is 0.286. The Kier molecular flexibility index (Phi) is 5.75. The Bertz CT molecular complexity index is 470. The molecule has 0 heterocycles. The Morgan fingerprint density at radius 1 is 1.47 bits per heavy atom. The molecule has 0 aliphatic heterocycles. The number of carbonyl (C=O) groups is 2. The van der Waals surface area contributed by atoms with Crippen molar-refractivity contribution < 1.29 is 19.4 Å². The quantitative estimate of drug-likeness (QED) is 0.732. The molecule has 5 nitrogen and oxygen atoms in total. The Morgan fingerprint density at radius 3 is 2.74 bits per heavy atom. The Labute approximate surface area is 111 Å². The van der Waals surface area contributed by atoms with Gasteiger partial charge in [-0.3, -0.25) is 4.79 Å². The predicted molar refractivity (Wildman–Crippen MR) is 70.9 cm³/mol. The lowest BCUT2D eigenvalue weighted by Gasteiger charge is -2.14. The van der Waals surface area contributed by atoms with Crippen LogP contribution in [0.2, 0.25) is 0 Å². The molecular formula is C14H17NO4. The molecule has 0 bridgehead atoms. The first-order chi connectivity index (χ1) is 9.10. The number of hydrogen-bond donors (Lipinski definition) is 2. The van der Waals surface area contributed by atoms with Gasteiger partial charge < -0.3 is 15.2 Å². The van der Waals surface area contributed by atoms with Crippen LogP contribution in [0.1, 0.15) is 22.3 Å². The average molecular weight is 263 g/mol. The minimum Gasteiger partial charge on any atom is -0.480 e. The van der Waals surface area contributed by atoms with E-state index in [1.54, 1.807) is 24.3 Å². The van der Waals surface area contributed by atoms with Crippen molar-refractivity contribution >= 4 is 11.9 Å². The van der Waals surface area contributed by atoms with E-state index in [0.29, 0.717) is 17.7 Å². The van der Waals surface area contributed by atoms with Crippen molar-refractivity contribution in [2.45, 2.75) is 19.1 Å². The molecule has 0 aliphatic carbocycles. The van der Waals surface area contributed by atoms with Gasteiger partial charge in [0.25, 0.3) is 5.91 Å². The second-order valence-corrected chi connectivity index (χ2v) is 3.98. The second kappa shape index (κ2) is 7.33. The monoisotopic (exact) mass is 263 g/mol. The van der Waals surface area contributed by atoms with Gasteiger partial charge in [-0.05, 0) is 18.1 Å². The van der Waals surface area contributed by atoms with Crippen molar-refractivity contribution in [2.24, 2.45) is 0 Å². The van der Waals surface area contributed by atoms with Crippen molar-refractivity contribution in [3.63, 3.8) is 0 Å². The summed E-state index contributed by atoms with van der Waals surface area (Å²) in [5.74, 6) is -1.51. The van der Waals surface area contributed by atoms with Crippen LogP contribution in [0, 0.1) is 0 Å². The Hall–Kier alpha value is -2.14. The summed E-state index contributed by atoms with van der Waals surface area (Å²) in [7, 11) is 1.53. The first-order valence-electron chi connectivity index (χ1n) is 5.81. The number of hydrogen-bond acceptors (Lipinski definition) is 3. The molecule has 102 valence electrons. The Morgan fingerprint density at radius 2 is 2.16 bits per heavy atom. The van der Waals surface area contributed by atoms with Crippen LogP contribution in [-0.4, -0.2) is 30.1 Å². The standard InChI is InChI=1S/C14H17NO4/c1-3-6-12(14(17)18)15-13(16)11-8-5-4-7-10(11)9-19-2/h3-5,7-8,12H,1,6,9H2,2H3,(H,15,16)(H,17,18). The molecule has 2 N–H and O–H groups in total. The summed E-state index contributed by atoms with van der Waals surface area (Å²) in [5, 5.41) is 11.5. The molecule has 0 aliphatic rings. The summed E-state index contributed by atoms with van der Waals surface area (Å²) in [6.07, 6.45) is 1.63. The molecular weight excluding hydrogens is 246 g/mol. The van der Waals surface area contributed by atoms with E-state index in [1.165, 1.54) is 13.2 Å². The van der Waals surface area contributed by atoms with Gasteiger partial charge in [-0.2, -0.15) is 0 Å². The highest BCUT2D eigenvalue weighted by atomic mass is 16.5.